The topological polar surface area (TPSA) is 66.8 Å². The van der Waals surface area contributed by atoms with Gasteiger partial charge in [-0.2, -0.15) is 0 Å². The molecule has 5 nitrogen and oxygen atoms in total. The molecular formula is C9H13F2NO4. The standard InChI is InChI=1S/C9H13F2NO4/c1-12(4-7(10)11)8(13)5-2-3-6(16-5)9(14)15/h5-7H,2-4H2,1H3,(H,14,15)/t5-,6+/m0/s1. The molecule has 0 aromatic carbocycles. The number of nitrogens with zero attached hydrogens (tertiary/aromatic N) is 1. The van der Waals surface area contributed by atoms with E-state index < -0.39 is 37.1 Å². The van der Waals surface area contributed by atoms with E-state index in [2.05, 4.69) is 0 Å². The monoisotopic (exact) mass is 237 g/mol. The van der Waals surface area contributed by atoms with Crippen LogP contribution in [0.25, 0.3) is 0 Å². The second-order valence-corrected chi connectivity index (χ2v) is 3.64. The summed E-state index contributed by atoms with van der Waals surface area (Å²) in [4.78, 5) is 22.9. The van der Waals surface area contributed by atoms with E-state index in [0.717, 1.165) is 4.90 Å². The SMILES string of the molecule is CN(CC(F)F)C(=O)[C@@H]1CC[C@H](C(=O)O)O1. The zero-order chi connectivity index (χ0) is 12.3. The zero-order valence-electron chi connectivity index (χ0n) is 8.73. The predicted octanol–water partition coefficient (Wildman–Crippen LogP) is 0.342. The molecule has 1 N–H and O–H groups in total. The first kappa shape index (κ1) is 12.8. The van der Waals surface area contributed by atoms with E-state index in [1.54, 1.807) is 0 Å². The van der Waals surface area contributed by atoms with Crippen molar-refractivity contribution in [2.75, 3.05) is 13.6 Å². The van der Waals surface area contributed by atoms with Crippen molar-refractivity contribution in [2.24, 2.45) is 0 Å². The Morgan fingerprint density at radius 1 is 1.44 bits per heavy atom. The third-order valence-corrected chi connectivity index (χ3v) is 2.36. The lowest BCUT2D eigenvalue weighted by atomic mass is 10.2. The van der Waals surface area contributed by atoms with Crippen LogP contribution >= 0.6 is 0 Å². The molecule has 0 aromatic heterocycles. The summed E-state index contributed by atoms with van der Waals surface area (Å²) in [5, 5.41) is 8.63. The molecule has 0 aliphatic carbocycles. The zero-order valence-corrected chi connectivity index (χ0v) is 8.73. The van der Waals surface area contributed by atoms with Gasteiger partial charge in [-0.15, -0.1) is 0 Å². The second-order valence-electron chi connectivity index (χ2n) is 3.64. The number of alkyl halides is 2. The summed E-state index contributed by atoms with van der Waals surface area (Å²) in [6.45, 7) is -0.670. The van der Waals surface area contributed by atoms with Crippen LogP contribution in [-0.4, -0.2) is 54.1 Å². The molecule has 0 aromatic rings. The van der Waals surface area contributed by atoms with E-state index in [0.29, 0.717) is 0 Å². The van der Waals surface area contributed by atoms with Crippen molar-refractivity contribution in [2.45, 2.75) is 31.5 Å². The van der Waals surface area contributed by atoms with Crippen molar-refractivity contribution in [3.8, 4) is 0 Å². The third-order valence-electron chi connectivity index (χ3n) is 2.36. The Kier molecular flexibility index (Phi) is 4.17. The number of ether oxygens (including phenoxy) is 1. The van der Waals surface area contributed by atoms with Crippen LogP contribution in [0.5, 0.6) is 0 Å². The lowest BCUT2D eigenvalue weighted by Gasteiger charge is -2.20. The van der Waals surface area contributed by atoms with Gasteiger partial charge in [0, 0.05) is 7.05 Å². The van der Waals surface area contributed by atoms with Gasteiger partial charge in [-0.1, -0.05) is 0 Å². The number of carbonyl (C=O) groups excluding carboxylic acids is 1. The van der Waals surface area contributed by atoms with Crippen molar-refractivity contribution in [1.82, 2.24) is 4.90 Å². The van der Waals surface area contributed by atoms with Crippen LogP contribution in [0.15, 0.2) is 0 Å². The quantitative estimate of drug-likeness (QED) is 0.765. The molecule has 16 heavy (non-hydrogen) atoms. The van der Waals surface area contributed by atoms with Crippen LogP contribution in [0.3, 0.4) is 0 Å². The van der Waals surface area contributed by atoms with Crippen LogP contribution in [0.1, 0.15) is 12.8 Å². The Balaban J connectivity index is 2.47. The van der Waals surface area contributed by atoms with Gasteiger partial charge in [-0.05, 0) is 12.8 Å². The molecule has 1 aliphatic rings. The maximum atomic E-state index is 12.0. The Labute approximate surface area is 91.0 Å². The van der Waals surface area contributed by atoms with E-state index in [9.17, 15) is 18.4 Å². The molecule has 1 rings (SSSR count). The van der Waals surface area contributed by atoms with Crippen molar-refractivity contribution in [3.63, 3.8) is 0 Å². The fourth-order valence-electron chi connectivity index (χ4n) is 1.54. The first-order chi connectivity index (χ1) is 7.41. The molecule has 1 aliphatic heterocycles. The fraction of sp³-hybridized carbons (Fsp3) is 0.778. The van der Waals surface area contributed by atoms with Gasteiger partial charge in [0.05, 0.1) is 6.54 Å². The summed E-state index contributed by atoms with van der Waals surface area (Å²) >= 11 is 0. The number of carboxylic acid groups (broad SMARTS) is 1. The molecule has 2 atom stereocenters. The maximum Gasteiger partial charge on any atom is 0.332 e. The van der Waals surface area contributed by atoms with E-state index in [1.807, 2.05) is 0 Å². The Morgan fingerprint density at radius 3 is 2.44 bits per heavy atom. The second kappa shape index (κ2) is 5.20. The maximum absolute atomic E-state index is 12.0. The highest BCUT2D eigenvalue weighted by Crippen LogP contribution is 2.21. The summed E-state index contributed by atoms with van der Waals surface area (Å²) in [6.07, 6.45) is -4.04. The van der Waals surface area contributed by atoms with Gasteiger partial charge in [0.25, 0.3) is 12.3 Å². The largest absolute Gasteiger partial charge is 0.479 e. The number of hydrogen-bond donors (Lipinski definition) is 1. The molecule has 7 heteroatoms. The minimum atomic E-state index is -2.61. The summed E-state index contributed by atoms with van der Waals surface area (Å²) in [5.74, 6) is -1.73. The molecule has 1 fully saturated rings. The first-order valence-electron chi connectivity index (χ1n) is 4.83. The van der Waals surface area contributed by atoms with Crippen molar-refractivity contribution >= 4 is 11.9 Å². The van der Waals surface area contributed by atoms with Crippen LogP contribution in [-0.2, 0) is 14.3 Å². The van der Waals surface area contributed by atoms with E-state index in [4.69, 9.17) is 9.84 Å². The van der Waals surface area contributed by atoms with Crippen molar-refractivity contribution < 1.29 is 28.2 Å². The highest BCUT2D eigenvalue weighted by molar-refractivity contribution is 5.82. The molecule has 1 heterocycles. The molecule has 1 saturated heterocycles. The highest BCUT2D eigenvalue weighted by Gasteiger charge is 2.36. The Hall–Kier alpha value is -1.24. The molecule has 0 bridgehead atoms. The first-order valence-corrected chi connectivity index (χ1v) is 4.83. The summed E-state index contributed by atoms with van der Waals surface area (Å²) in [5.41, 5.74) is 0. The number of hydrogen-bond acceptors (Lipinski definition) is 3. The van der Waals surface area contributed by atoms with Gasteiger partial charge < -0.3 is 14.7 Å². The number of aliphatic carboxylic acids is 1. The number of carbonyl (C=O) groups is 2. The highest BCUT2D eigenvalue weighted by atomic mass is 19.3. The van der Waals surface area contributed by atoms with Crippen LogP contribution in [0.2, 0.25) is 0 Å². The average Bonchev–Trinajstić information content (AvgIpc) is 2.64. The van der Waals surface area contributed by atoms with Gasteiger partial charge in [-0.25, -0.2) is 13.6 Å². The van der Waals surface area contributed by atoms with E-state index in [-0.39, 0.29) is 12.8 Å². The summed E-state index contributed by atoms with van der Waals surface area (Å²) in [6, 6.07) is 0. The number of halogens is 2. The van der Waals surface area contributed by atoms with Gasteiger partial charge in [0.1, 0.15) is 6.10 Å². The van der Waals surface area contributed by atoms with Crippen LogP contribution in [0.4, 0.5) is 8.78 Å². The van der Waals surface area contributed by atoms with Crippen molar-refractivity contribution in [1.29, 1.82) is 0 Å². The summed E-state index contributed by atoms with van der Waals surface area (Å²) in [7, 11) is 1.24. The fourth-order valence-corrected chi connectivity index (χ4v) is 1.54. The number of likely N-dealkylation sites (N-methyl/N-ethyl adjacent to an activating group) is 1. The lowest BCUT2D eigenvalue weighted by Crippen LogP contribution is -2.39. The minimum absolute atomic E-state index is 0.230. The molecule has 0 saturated carbocycles. The number of rotatable bonds is 4. The van der Waals surface area contributed by atoms with Crippen molar-refractivity contribution in [3.05, 3.63) is 0 Å². The molecule has 0 radical (unpaired) electrons. The average molecular weight is 237 g/mol. The minimum Gasteiger partial charge on any atom is -0.479 e. The van der Waals surface area contributed by atoms with Gasteiger partial charge in [-0.3, -0.25) is 4.79 Å². The predicted molar refractivity (Wildman–Crippen MR) is 49.2 cm³/mol. The lowest BCUT2D eigenvalue weighted by molar-refractivity contribution is -0.154. The number of carboxylic acids is 1. The van der Waals surface area contributed by atoms with E-state index >= 15 is 0 Å². The van der Waals surface area contributed by atoms with Crippen LogP contribution < -0.4 is 0 Å². The third kappa shape index (κ3) is 3.13. The Morgan fingerprint density at radius 2 is 2.00 bits per heavy atom. The van der Waals surface area contributed by atoms with Gasteiger partial charge in [0.15, 0.2) is 6.10 Å². The van der Waals surface area contributed by atoms with Gasteiger partial charge >= 0.3 is 5.97 Å². The molecule has 1 amide bonds. The number of amides is 1. The Bertz CT molecular complexity index is 285. The smallest absolute Gasteiger partial charge is 0.332 e. The molecular weight excluding hydrogens is 224 g/mol. The normalized spacial score (nSPS) is 24.8. The summed E-state index contributed by atoms with van der Waals surface area (Å²) < 4.78 is 29.0. The van der Waals surface area contributed by atoms with Gasteiger partial charge in [0.2, 0.25) is 0 Å². The van der Waals surface area contributed by atoms with E-state index in [1.165, 1.54) is 7.05 Å². The van der Waals surface area contributed by atoms with Crippen LogP contribution in [0, 0.1) is 0 Å². The molecule has 0 unspecified atom stereocenters. The molecule has 92 valence electrons. The molecule has 0 spiro atoms.